The largest absolute Gasteiger partial charge is 0.452 e. The predicted octanol–water partition coefficient (Wildman–Crippen LogP) is 4.33. The maximum Gasteiger partial charge on any atom is 0.339 e. The first-order valence-electron chi connectivity index (χ1n) is 9.18. The fourth-order valence-corrected chi connectivity index (χ4v) is 2.95. The van der Waals surface area contributed by atoms with Crippen molar-refractivity contribution in [3.8, 4) is 0 Å². The molecule has 0 radical (unpaired) electrons. The molecule has 0 heterocycles. The third-order valence-electron chi connectivity index (χ3n) is 4.42. The number of hydrogen-bond donors (Lipinski definition) is 1. The topological polar surface area (TPSA) is 72.5 Å². The van der Waals surface area contributed by atoms with E-state index in [0.717, 1.165) is 11.1 Å². The van der Waals surface area contributed by atoms with Crippen LogP contribution >= 0.6 is 0 Å². The fourth-order valence-electron chi connectivity index (χ4n) is 2.95. The number of esters is 1. The van der Waals surface area contributed by atoms with Crippen LogP contribution in [-0.4, -0.2) is 24.3 Å². The summed E-state index contributed by atoms with van der Waals surface area (Å²) in [5.41, 5.74) is 3.51. The average Bonchev–Trinajstić information content (AvgIpc) is 2.74. The molecule has 0 atom stereocenters. The Morgan fingerprint density at radius 3 is 2.17 bits per heavy atom. The Morgan fingerprint density at radius 2 is 1.48 bits per heavy atom. The molecule has 5 heteroatoms. The van der Waals surface area contributed by atoms with Crippen molar-refractivity contribution in [1.82, 2.24) is 0 Å². The number of benzene rings is 3. The lowest BCUT2D eigenvalue weighted by Gasteiger charge is -2.11. The zero-order valence-electron chi connectivity index (χ0n) is 16.3. The second-order valence-corrected chi connectivity index (χ2v) is 6.68. The zero-order valence-corrected chi connectivity index (χ0v) is 16.3. The Labute approximate surface area is 169 Å². The van der Waals surface area contributed by atoms with Crippen LogP contribution in [0.25, 0.3) is 0 Å². The lowest BCUT2D eigenvalue weighted by Crippen LogP contribution is -2.22. The molecule has 0 unspecified atom stereocenters. The summed E-state index contributed by atoms with van der Waals surface area (Å²) in [6.07, 6.45) is 0. The Hall–Kier alpha value is -3.73. The summed E-state index contributed by atoms with van der Waals surface area (Å²) in [5, 5.41) is 2.72. The van der Waals surface area contributed by atoms with Crippen molar-refractivity contribution in [3.05, 3.63) is 101 Å². The van der Waals surface area contributed by atoms with Gasteiger partial charge in [0.1, 0.15) is 0 Å². The van der Waals surface area contributed by atoms with E-state index in [1.807, 2.05) is 32.0 Å². The number of ether oxygens (including phenoxy) is 1. The molecule has 29 heavy (non-hydrogen) atoms. The smallest absolute Gasteiger partial charge is 0.339 e. The molecule has 0 fully saturated rings. The normalized spacial score (nSPS) is 10.3. The number of ketones is 1. The highest BCUT2D eigenvalue weighted by Crippen LogP contribution is 2.17. The van der Waals surface area contributed by atoms with Gasteiger partial charge >= 0.3 is 5.97 Å². The van der Waals surface area contributed by atoms with Crippen LogP contribution in [0.2, 0.25) is 0 Å². The Bertz CT molecular complexity index is 1060. The quantitative estimate of drug-likeness (QED) is 0.505. The molecule has 3 aromatic carbocycles. The van der Waals surface area contributed by atoms with Gasteiger partial charge in [-0.2, -0.15) is 0 Å². The zero-order chi connectivity index (χ0) is 20.8. The van der Waals surface area contributed by atoms with Crippen molar-refractivity contribution in [2.24, 2.45) is 0 Å². The minimum Gasteiger partial charge on any atom is -0.452 e. The van der Waals surface area contributed by atoms with Crippen LogP contribution in [0.3, 0.4) is 0 Å². The van der Waals surface area contributed by atoms with Gasteiger partial charge in [-0.15, -0.1) is 0 Å². The van der Waals surface area contributed by atoms with Gasteiger partial charge in [0.2, 0.25) is 0 Å². The van der Waals surface area contributed by atoms with Crippen LogP contribution in [0.15, 0.2) is 72.8 Å². The molecule has 1 amide bonds. The fraction of sp³-hybridized carbons (Fsp3) is 0.125. The third kappa shape index (κ3) is 4.96. The van der Waals surface area contributed by atoms with E-state index in [1.54, 1.807) is 48.5 Å². The van der Waals surface area contributed by atoms with Crippen LogP contribution < -0.4 is 5.32 Å². The van der Waals surface area contributed by atoms with Gasteiger partial charge in [-0.25, -0.2) is 4.79 Å². The summed E-state index contributed by atoms with van der Waals surface area (Å²) >= 11 is 0. The molecule has 0 aliphatic carbocycles. The summed E-state index contributed by atoms with van der Waals surface area (Å²) in [6, 6.07) is 20.7. The molecular weight excluding hydrogens is 366 g/mol. The maximum absolute atomic E-state index is 12.7. The first kappa shape index (κ1) is 20.0. The Kier molecular flexibility index (Phi) is 6.19. The van der Waals surface area contributed by atoms with E-state index in [0.29, 0.717) is 11.3 Å². The van der Waals surface area contributed by atoms with E-state index in [-0.39, 0.29) is 16.9 Å². The van der Waals surface area contributed by atoms with Gasteiger partial charge in [0.05, 0.1) is 5.56 Å². The summed E-state index contributed by atoms with van der Waals surface area (Å²) in [5.74, 6) is -1.45. The summed E-state index contributed by atoms with van der Waals surface area (Å²) in [6.45, 7) is 3.41. The number of aryl methyl sites for hydroxylation is 2. The second kappa shape index (κ2) is 8.97. The number of carbonyl (C=O) groups excluding carboxylic acids is 3. The van der Waals surface area contributed by atoms with E-state index in [1.165, 1.54) is 6.07 Å². The molecule has 3 aromatic rings. The van der Waals surface area contributed by atoms with E-state index >= 15 is 0 Å². The van der Waals surface area contributed by atoms with Crippen LogP contribution in [0, 0.1) is 13.8 Å². The number of amides is 1. The SMILES string of the molecule is Cc1ccc(NC(=O)COC(=O)c2ccccc2C(=O)c2ccccc2)c(C)c1. The first-order valence-corrected chi connectivity index (χ1v) is 9.18. The highest BCUT2D eigenvalue weighted by Gasteiger charge is 2.19. The molecule has 0 aliphatic heterocycles. The molecule has 0 saturated carbocycles. The lowest BCUT2D eigenvalue weighted by atomic mass is 9.98. The molecule has 5 nitrogen and oxygen atoms in total. The molecule has 0 aromatic heterocycles. The monoisotopic (exact) mass is 387 g/mol. The van der Waals surface area contributed by atoms with Crippen molar-refractivity contribution >= 4 is 23.3 Å². The third-order valence-corrected chi connectivity index (χ3v) is 4.42. The van der Waals surface area contributed by atoms with Gasteiger partial charge in [0.15, 0.2) is 12.4 Å². The van der Waals surface area contributed by atoms with E-state index in [4.69, 9.17) is 4.74 Å². The van der Waals surface area contributed by atoms with Gasteiger partial charge in [-0.05, 0) is 31.5 Å². The van der Waals surface area contributed by atoms with Crippen molar-refractivity contribution in [3.63, 3.8) is 0 Å². The van der Waals surface area contributed by atoms with Crippen molar-refractivity contribution < 1.29 is 19.1 Å². The van der Waals surface area contributed by atoms with Crippen LogP contribution in [0.1, 0.15) is 37.4 Å². The van der Waals surface area contributed by atoms with Crippen molar-refractivity contribution in [2.75, 3.05) is 11.9 Å². The molecule has 0 aliphatic rings. The molecule has 1 N–H and O–H groups in total. The van der Waals surface area contributed by atoms with Crippen molar-refractivity contribution in [2.45, 2.75) is 13.8 Å². The summed E-state index contributed by atoms with van der Waals surface area (Å²) < 4.78 is 5.15. The van der Waals surface area contributed by atoms with Crippen LogP contribution in [-0.2, 0) is 9.53 Å². The number of anilines is 1. The van der Waals surface area contributed by atoms with Crippen molar-refractivity contribution in [1.29, 1.82) is 0 Å². The van der Waals surface area contributed by atoms with Gasteiger partial charge in [-0.1, -0.05) is 66.2 Å². The molecule has 0 spiro atoms. The summed E-state index contributed by atoms with van der Waals surface area (Å²) in [4.78, 5) is 37.4. The molecule has 146 valence electrons. The second-order valence-electron chi connectivity index (χ2n) is 6.68. The van der Waals surface area contributed by atoms with Crippen LogP contribution in [0.4, 0.5) is 5.69 Å². The van der Waals surface area contributed by atoms with E-state index in [9.17, 15) is 14.4 Å². The van der Waals surface area contributed by atoms with Gasteiger partial charge in [0.25, 0.3) is 5.91 Å². The van der Waals surface area contributed by atoms with Crippen LogP contribution in [0.5, 0.6) is 0 Å². The maximum atomic E-state index is 12.7. The number of rotatable bonds is 6. The number of carbonyl (C=O) groups is 3. The van der Waals surface area contributed by atoms with Gasteiger partial charge in [0, 0.05) is 16.8 Å². The average molecular weight is 387 g/mol. The lowest BCUT2D eigenvalue weighted by molar-refractivity contribution is -0.119. The molecule has 0 saturated heterocycles. The molecular formula is C24H21NO4. The van der Waals surface area contributed by atoms with E-state index < -0.39 is 18.5 Å². The summed E-state index contributed by atoms with van der Waals surface area (Å²) in [7, 11) is 0. The Balaban J connectivity index is 1.68. The first-order chi connectivity index (χ1) is 14.0. The minimum atomic E-state index is -0.722. The number of hydrogen-bond acceptors (Lipinski definition) is 4. The van der Waals surface area contributed by atoms with Gasteiger partial charge < -0.3 is 10.1 Å². The Morgan fingerprint density at radius 1 is 0.828 bits per heavy atom. The highest BCUT2D eigenvalue weighted by molar-refractivity contribution is 6.14. The molecule has 3 rings (SSSR count). The standard InChI is InChI=1S/C24H21NO4/c1-16-12-13-21(17(2)14-16)25-22(26)15-29-24(28)20-11-7-6-10-19(20)23(27)18-8-4-3-5-9-18/h3-14H,15H2,1-2H3,(H,25,26). The minimum absolute atomic E-state index is 0.126. The highest BCUT2D eigenvalue weighted by atomic mass is 16.5. The van der Waals surface area contributed by atoms with Gasteiger partial charge in [-0.3, -0.25) is 9.59 Å². The predicted molar refractivity (Wildman–Crippen MR) is 111 cm³/mol. The van der Waals surface area contributed by atoms with E-state index in [2.05, 4.69) is 5.32 Å². The molecule has 0 bridgehead atoms. The number of nitrogens with one attached hydrogen (secondary N) is 1.